The molecule has 5 rings (SSSR count). The van der Waals surface area contributed by atoms with Gasteiger partial charge in [-0.15, -0.1) is 0 Å². The van der Waals surface area contributed by atoms with E-state index in [1.165, 1.54) is 12.0 Å². The monoisotopic (exact) mass is 454 g/mol. The lowest BCUT2D eigenvalue weighted by molar-refractivity contribution is -0.127. The Morgan fingerprint density at radius 1 is 0.853 bits per heavy atom. The fourth-order valence-corrected chi connectivity index (χ4v) is 5.13. The average molecular weight is 455 g/mol. The van der Waals surface area contributed by atoms with Gasteiger partial charge in [0.15, 0.2) is 0 Å². The van der Waals surface area contributed by atoms with Crippen LogP contribution in [0.3, 0.4) is 0 Å². The third kappa shape index (κ3) is 4.56. The number of fused-ring (bicyclic) bond motifs is 2. The van der Waals surface area contributed by atoms with E-state index < -0.39 is 6.04 Å². The van der Waals surface area contributed by atoms with Crippen molar-refractivity contribution in [1.29, 1.82) is 0 Å². The minimum Gasteiger partial charge on any atom is -0.456 e. The van der Waals surface area contributed by atoms with Gasteiger partial charge >= 0.3 is 0 Å². The van der Waals surface area contributed by atoms with Crippen LogP contribution >= 0.6 is 0 Å². The number of carbonyl (C=O) groups excluding carboxylic acids is 2. The highest BCUT2D eigenvalue weighted by atomic mass is 16.5. The lowest BCUT2D eigenvalue weighted by Gasteiger charge is -2.41. The summed E-state index contributed by atoms with van der Waals surface area (Å²) < 4.78 is 6.22. The van der Waals surface area contributed by atoms with Gasteiger partial charge in [0, 0.05) is 18.2 Å². The van der Waals surface area contributed by atoms with Gasteiger partial charge in [0.25, 0.3) is 5.91 Å². The maximum Gasteiger partial charge on any atom is 0.258 e. The van der Waals surface area contributed by atoms with Crippen molar-refractivity contribution in [3.05, 3.63) is 95.6 Å². The molecule has 3 aromatic rings. The van der Waals surface area contributed by atoms with Crippen LogP contribution in [0, 0.1) is 0 Å². The van der Waals surface area contributed by atoms with Crippen LogP contribution < -0.4 is 10.1 Å². The molecule has 0 saturated heterocycles. The molecule has 0 bridgehead atoms. The molecular formula is C29H30N2O3. The van der Waals surface area contributed by atoms with Crippen LogP contribution in [0.5, 0.6) is 11.5 Å². The molecule has 1 unspecified atom stereocenters. The predicted octanol–water partition coefficient (Wildman–Crippen LogP) is 5.67. The number of hydrogen-bond donors (Lipinski definition) is 1. The maximum absolute atomic E-state index is 14.0. The highest BCUT2D eigenvalue weighted by molar-refractivity contribution is 6.01. The van der Waals surface area contributed by atoms with Gasteiger partial charge in [-0.05, 0) is 43.0 Å². The summed E-state index contributed by atoms with van der Waals surface area (Å²) in [5.74, 6) is 0.848. The van der Waals surface area contributed by atoms with Crippen LogP contribution in [0.15, 0.2) is 78.9 Å². The molecule has 1 aliphatic carbocycles. The van der Waals surface area contributed by atoms with E-state index in [2.05, 4.69) is 17.4 Å². The molecule has 1 atom stereocenters. The van der Waals surface area contributed by atoms with E-state index in [1.807, 2.05) is 65.6 Å². The van der Waals surface area contributed by atoms with Crippen LogP contribution in [0.25, 0.3) is 0 Å². The first-order valence-corrected chi connectivity index (χ1v) is 12.2. The molecule has 2 aliphatic rings. The van der Waals surface area contributed by atoms with Crippen molar-refractivity contribution >= 4 is 11.8 Å². The third-order valence-electron chi connectivity index (χ3n) is 6.84. The summed E-state index contributed by atoms with van der Waals surface area (Å²) in [5.41, 5.74) is 2.40. The lowest BCUT2D eigenvalue weighted by Crippen LogP contribution is -2.50. The van der Waals surface area contributed by atoms with E-state index in [0.29, 0.717) is 23.6 Å². The second-order valence-electron chi connectivity index (χ2n) is 9.07. The standard InChI is InChI=1S/C29H30N2O3/c32-28(30-20-19-21-11-3-1-4-12-21)27-23-15-7-9-17-25(23)34-26-18-10-8-16-24(26)29(33)31(27)22-13-5-2-6-14-22/h1,3-4,7-12,15-18,22,27H,2,5-6,13-14,19-20H2,(H,30,32). The maximum atomic E-state index is 14.0. The summed E-state index contributed by atoms with van der Waals surface area (Å²) in [6, 6.07) is 24.3. The van der Waals surface area contributed by atoms with E-state index in [4.69, 9.17) is 4.74 Å². The highest BCUT2D eigenvalue weighted by Crippen LogP contribution is 2.41. The van der Waals surface area contributed by atoms with Crippen LogP contribution in [0.1, 0.15) is 59.6 Å². The fraction of sp³-hybridized carbons (Fsp3) is 0.310. The van der Waals surface area contributed by atoms with E-state index in [1.54, 1.807) is 6.07 Å². The normalized spacial score (nSPS) is 18.2. The van der Waals surface area contributed by atoms with Crippen molar-refractivity contribution in [2.45, 2.75) is 50.6 Å². The molecule has 34 heavy (non-hydrogen) atoms. The summed E-state index contributed by atoms with van der Waals surface area (Å²) in [6.07, 6.45) is 5.85. The molecule has 1 aliphatic heterocycles. The number of nitrogens with one attached hydrogen (secondary N) is 1. The number of benzene rings is 3. The quantitative estimate of drug-likeness (QED) is 0.541. The van der Waals surface area contributed by atoms with Gasteiger partial charge < -0.3 is 15.0 Å². The number of rotatable bonds is 5. The molecule has 2 amide bonds. The first kappa shape index (κ1) is 22.2. The summed E-state index contributed by atoms with van der Waals surface area (Å²) in [6.45, 7) is 0.506. The molecule has 5 heteroatoms. The van der Waals surface area contributed by atoms with Crippen molar-refractivity contribution in [2.24, 2.45) is 0 Å². The molecule has 1 heterocycles. The van der Waals surface area contributed by atoms with Crippen LogP contribution in [-0.4, -0.2) is 29.3 Å². The molecule has 0 spiro atoms. The molecule has 1 saturated carbocycles. The number of nitrogens with zero attached hydrogens (tertiary/aromatic N) is 1. The smallest absolute Gasteiger partial charge is 0.258 e. The summed E-state index contributed by atoms with van der Waals surface area (Å²) in [7, 11) is 0. The first-order valence-electron chi connectivity index (χ1n) is 12.2. The Morgan fingerprint density at radius 3 is 2.32 bits per heavy atom. The molecular weight excluding hydrogens is 424 g/mol. The van der Waals surface area contributed by atoms with Crippen LogP contribution in [0.4, 0.5) is 0 Å². The zero-order valence-electron chi connectivity index (χ0n) is 19.3. The Balaban J connectivity index is 1.52. The van der Waals surface area contributed by atoms with Gasteiger partial charge in [-0.3, -0.25) is 9.59 Å². The van der Waals surface area contributed by atoms with Crippen molar-refractivity contribution in [2.75, 3.05) is 6.54 Å². The van der Waals surface area contributed by atoms with Gasteiger partial charge in [0.1, 0.15) is 17.5 Å². The zero-order valence-corrected chi connectivity index (χ0v) is 19.3. The lowest BCUT2D eigenvalue weighted by atomic mass is 9.90. The Morgan fingerprint density at radius 2 is 1.53 bits per heavy atom. The molecule has 174 valence electrons. The number of para-hydroxylation sites is 2. The van der Waals surface area contributed by atoms with Crippen LogP contribution in [0.2, 0.25) is 0 Å². The van der Waals surface area contributed by atoms with Crippen molar-refractivity contribution in [3.8, 4) is 11.5 Å². The van der Waals surface area contributed by atoms with Crippen molar-refractivity contribution < 1.29 is 14.3 Å². The molecule has 1 N–H and O–H groups in total. The van der Waals surface area contributed by atoms with Crippen molar-refractivity contribution in [3.63, 3.8) is 0 Å². The number of hydrogen-bond acceptors (Lipinski definition) is 3. The van der Waals surface area contributed by atoms with Gasteiger partial charge in [-0.1, -0.05) is 79.9 Å². The SMILES string of the molecule is O=C(NCCc1ccccc1)C1c2ccccc2Oc2ccccc2C(=O)N1C1CCCCC1. The van der Waals surface area contributed by atoms with Gasteiger partial charge in [-0.2, -0.15) is 0 Å². The minimum atomic E-state index is -0.740. The number of carbonyl (C=O) groups is 2. The van der Waals surface area contributed by atoms with Gasteiger partial charge in [0.2, 0.25) is 5.91 Å². The Bertz CT molecular complexity index is 1150. The van der Waals surface area contributed by atoms with E-state index in [-0.39, 0.29) is 17.9 Å². The van der Waals surface area contributed by atoms with E-state index in [9.17, 15) is 9.59 Å². The molecule has 5 nitrogen and oxygen atoms in total. The summed E-state index contributed by atoms with van der Waals surface area (Å²) in [4.78, 5) is 29.6. The van der Waals surface area contributed by atoms with E-state index in [0.717, 1.165) is 37.7 Å². The second kappa shape index (κ2) is 10.1. The Kier molecular flexibility index (Phi) is 6.61. The predicted molar refractivity (Wildman–Crippen MR) is 132 cm³/mol. The first-order chi connectivity index (χ1) is 16.7. The van der Waals surface area contributed by atoms with Crippen LogP contribution in [-0.2, 0) is 11.2 Å². The molecule has 3 aromatic carbocycles. The van der Waals surface area contributed by atoms with E-state index >= 15 is 0 Å². The van der Waals surface area contributed by atoms with Crippen molar-refractivity contribution in [1.82, 2.24) is 10.2 Å². The Labute approximate surface area is 200 Å². The fourth-order valence-electron chi connectivity index (χ4n) is 5.13. The topological polar surface area (TPSA) is 58.6 Å². The number of ether oxygens (including phenoxy) is 1. The Hall–Kier alpha value is -3.60. The van der Waals surface area contributed by atoms with Gasteiger partial charge in [0.05, 0.1) is 5.56 Å². The summed E-state index contributed by atoms with van der Waals surface area (Å²) in [5, 5.41) is 3.12. The largest absolute Gasteiger partial charge is 0.456 e. The number of amides is 2. The molecule has 0 radical (unpaired) electrons. The minimum absolute atomic E-state index is 0.0188. The second-order valence-corrected chi connectivity index (χ2v) is 9.07. The summed E-state index contributed by atoms with van der Waals surface area (Å²) >= 11 is 0. The zero-order chi connectivity index (χ0) is 23.3. The molecule has 1 fully saturated rings. The third-order valence-corrected chi connectivity index (χ3v) is 6.84. The van der Waals surface area contributed by atoms with Gasteiger partial charge in [-0.25, -0.2) is 0 Å². The molecule has 0 aromatic heterocycles. The average Bonchev–Trinajstić information content (AvgIpc) is 2.88. The highest BCUT2D eigenvalue weighted by Gasteiger charge is 2.40.